The third-order valence-corrected chi connectivity index (χ3v) is 3.06. The molecule has 0 atom stereocenters. The highest BCUT2D eigenvalue weighted by molar-refractivity contribution is 5.20. The van der Waals surface area contributed by atoms with Crippen LogP contribution in [-0.4, -0.2) is 18.0 Å². The van der Waals surface area contributed by atoms with Gasteiger partial charge in [0.2, 0.25) is 0 Å². The van der Waals surface area contributed by atoms with Crippen molar-refractivity contribution >= 4 is 0 Å². The molecule has 0 bridgehead atoms. The van der Waals surface area contributed by atoms with Crippen LogP contribution in [0.1, 0.15) is 24.3 Å². The SMILES string of the molecule is C=CN1CCC(c2ccccc2)CC1. The Morgan fingerprint density at radius 2 is 1.79 bits per heavy atom. The lowest BCUT2D eigenvalue weighted by atomic mass is 9.90. The molecule has 74 valence electrons. The summed E-state index contributed by atoms with van der Waals surface area (Å²) in [4.78, 5) is 2.31. The summed E-state index contributed by atoms with van der Waals surface area (Å²) in [6.45, 7) is 6.12. The van der Waals surface area contributed by atoms with Gasteiger partial charge in [0, 0.05) is 13.1 Å². The molecule has 14 heavy (non-hydrogen) atoms. The van der Waals surface area contributed by atoms with Gasteiger partial charge in [0.05, 0.1) is 0 Å². The molecule has 2 rings (SSSR count). The van der Waals surface area contributed by atoms with E-state index in [4.69, 9.17) is 0 Å². The van der Waals surface area contributed by atoms with Crippen molar-refractivity contribution < 1.29 is 0 Å². The first kappa shape index (κ1) is 9.32. The Hall–Kier alpha value is -1.24. The first-order valence-corrected chi connectivity index (χ1v) is 5.31. The molecule has 1 aliphatic heterocycles. The minimum atomic E-state index is 0.757. The van der Waals surface area contributed by atoms with Crippen molar-refractivity contribution in [1.29, 1.82) is 0 Å². The second-order valence-corrected chi connectivity index (χ2v) is 3.90. The fourth-order valence-corrected chi connectivity index (χ4v) is 2.14. The van der Waals surface area contributed by atoms with E-state index in [1.165, 1.54) is 18.4 Å². The lowest BCUT2D eigenvalue weighted by Gasteiger charge is -2.31. The van der Waals surface area contributed by atoms with E-state index >= 15 is 0 Å². The highest BCUT2D eigenvalue weighted by Gasteiger charge is 2.17. The van der Waals surface area contributed by atoms with Gasteiger partial charge in [-0.2, -0.15) is 0 Å². The van der Waals surface area contributed by atoms with Crippen molar-refractivity contribution in [2.45, 2.75) is 18.8 Å². The van der Waals surface area contributed by atoms with Crippen LogP contribution in [0.2, 0.25) is 0 Å². The van der Waals surface area contributed by atoms with Crippen LogP contribution in [0.15, 0.2) is 43.1 Å². The summed E-state index contributed by atoms with van der Waals surface area (Å²) in [5, 5.41) is 0. The zero-order valence-electron chi connectivity index (χ0n) is 8.52. The number of likely N-dealkylation sites (tertiary alicyclic amines) is 1. The molecule has 1 heteroatoms. The number of rotatable bonds is 2. The van der Waals surface area contributed by atoms with Gasteiger partial charge in [-0.05, 0) is 30.5 Å². The second-order valence-electron chi connectivity index (χ2n) is 3.90. The fourth-order valence-electron chi connectivity index (χ4n) is 2.14. The Balaban J connectivity index is 1.99. The molecule has 0 radical (unpaired) electrons. The number of hydrogen-bond acceptors (Lipinski definition) is 1. The summed E-state index contributed by atoms with van der Waals surface area (Å²) in [5.41, 5.74) is 1.50. The van der Waals surface area contributed by atoms with Crippen molar-refractivity contribution in [2.24, 2.45) is 0 Å². The number of piperidine rings is 1. The van der Waals surface area contributed by atoms with Gasteiger partial charge in [-0.15, -0.1) is 0 Å². The van der Waals surface area contributed by atoms with E-state index in [9.17, 15) is 0 Å². The van der Waals surface area contributed by atoms with Crippen LogP contribution in [0.3, 0.4) is 0 Å². The van der Waals surface area contributed by atoms with Crippen molar-refractivity contribution in [1.82, 2.24) is 4.90 Å². The molecule has 1 aromatic rings. The second kappa shape index (κ2) is 4.32. The molecular weight excluding hydrogens is 170 g/mol. The van der Waals surface area contributed by atoms with E-state index in [0.717, 1.165) is 19.0 Å². The Morgan fingerprint density at radius 3 is 2.36 bits per heavy atom. The van der Waals surface area contributed by atoms with Crippen molar-refractivity contribution in [2.75, 3.05) is 13.1 Å². The molecule has 0 amide bonds. The molecule has 0 spiro atoms. The highest BCUT2D eigenvalue weighted by atomic mass is 15.1. The zero-order chi connectivity index (χ0) is 9.80. The summed E-state index contributed by atoms with van der Waals surface area (Å²) in [6, 6.07) is 10.8. The maximum atomic E-state index is 3.81. The molecule has 0 N–H and O–H groups in total. The van der Waals surface area contributed by atoms with Gasteiger partial charge in [0.1, 0.15) is 0 Å². The first-order valence-electron chi connectivity index (χ1n) is 5.31. The minimum Gasteiger partial charge on any atom is -0.378 e. The third-order valence-electron chi connectivity index (χ3n) is 3.06. The van der Waals surface area contributed by atoms with Crippen LogP contribution in [0, 0.1) is 0 Å². The van der Waals surface area contributed by atoms with E-state index in [1.54, 1.807) is 0 Å². The summed E-state index contributed by atoms with van der Waals surface area (Å²) in [7, 11) is 0. The van der Waals surface area contributed by atoms with Crippen LogP contribution in [0.4, 0.5) is 0 Å². The maximum Gasteiger partial charge on any atom is 0.0178 e. The zero-order valence-corrected chi connectivity index (χ0v) is 8.52. The normalized spacial score (nSPS) is 18.1. The average Bonchev–Trinajstić information content (AvgIpc) is 2.30. The minimum absolute atomic E-state index is 0.757. The number of nitrogens with zero attached hydrogens (tertiary/aromatic N) is 1. The lowest BCUT2D eigenvalue weighted by Crippen LogP contribution is -2.28. The predicted octanol–water partition coefficient (Wildman–Crippen LogP) is 3.01. The van der Waals surface area contributed by atoms with Gasteiger partial charge < -0.3 is 4.90 Å². The molecule has 0 unspecified atom stereocenters. The van der Waals surface area contributed by atoms with Crippen LogP contribution < -0.4 is 0 Å². The van der Waals surface area contributed by atoms with Crippen molar-refractivity contribution in [3.63, 3.8) is 0 Å². The van der Waals surface area contributed by atoms with E-state index in [0.29, 0.717) is 0 Å². The highest BCUT2D eigenvalue weighted by Crippen LogP contribution is 2.27. The Morgan fingerprint density at radius 1 is 1.14 bits per heavy atom. The van der Waals surface area contributed by atoms with E-state index in [2.05, 4.69) is 41.8 Å². The standard InChI is InChI=1S/C13H17N/c1-2-14-10-8-13(9-11-14)12-6-4-3-5-7-12/h2-7,13H,1,8-11H2. The van der Waals surface area contributed by atoms with Gasteiger partial charge in [-0.3, -0.25) is 0 Å². The Bertz CT molecular complexity index is 283. The summed E-state index contributed by atoms with van der Waals surface area (Å²) in [5.74, 6) is 0.757. The summed E-state index contributed by atoms with van der Waals surface area (Å²) < 4.78 is 0. The van der Waals surface area contributed by atoms with Crippen molar-refractivity contribution in [3.8, 4) is 0 Å². The molecule has 0 saturated carbocycles. The quantitative estimate of drug-likeness (QED) is 0.688. The number of hydrogen-bond donors (Lipinski definition) is 0. The van der Waals surface area contributed by atoms with Gasteiger partial charge in [-0.1, -0.05) is 36.9 Å². The molecule has 1 saturated heterocycles. The van der Waals surface area contributed by atoms with E-state index < -0.39 is 0 Å². The third kappa shape index (κ3) is 1.98. The average molecular weight is 187 g/mol. The summed E-state index contributed by atoms with van der Waals surface area (Å²) in [6.07, 6.45) is 4.48. The molecule has 1 heterocycles. The molecular formula is C13H17N. The van der Waals surface area contributed by atoms with Crippen LogP contribution in [0.5, 0.6) is 0 Å². The van der Waals surface area contributed by atoms with Gasteiger partial charge in [0.15, 0.2) is 0 Å². The van der Waals surface area contributed by atoms with E-state index in [1.807, 2.05) is 6.20 Å². The summed E-state index contributed by atoms with van der Waals surface area (Å²) >= 11 is 0. The predicted molar refractivity (Wildman–Crippen MR) is 60.2 cm³/mol. The van der Waals surface area contributed by atoms with Gasteiger partial charge in [0.25, 0.3) is 0 Å². The van der Waals surface area contributed by atoms with Gasteiger partial charge >= 0.3 is 0 Å². The lowest BCUT2D eigenvalue weighted by molar-refractivity contribution is 0.285. The van der Waals surface area contributed by atoms with Gasteiger partial charge in [-0.25, -0.2) is 0 Å². The van der Waals surface area contributed by atoms with Crippen LogP contribution in [0.25, 0.3) is 0 Å². The van der Waals surface area contributed by atoms with Crippen molar-refractivity contribution in [3.05, 3.63) is 48.7 Å². The van der Waals surface area contributed by atoms with E-state index in [-0.39, 0.29) is 0 Å². The smallest absolute Gasteiger partial charge is 0.0178 e. The van der Waals surface area contributed by atoms with Crippen LogP contribution >= 0.6 is 0 Å². The topological polar surface area (TPSA) is 3.24 Å². The fraction of sp³-hybridized carbons (Fsp3) is 0.385. The Kier molecular flexibility index (Phi) is 2.87. The number of benzene rings is 1. The first-order chi connectivity index (χ1) is 6.90. The molecule has 1 aromatic carbocycles. The van der Waals surface area contributed by atoms with Crippen LogP contribution in [-0.2, 0) is 0 Å². The maximum absolute atomic E-state index is 3.81. The largest absolute Gasteiger partial charge is 0.378 e. The molecule has 1 nitrogen and oxygen atoms in total. The molecule has 0 aliphatic carbocycles. The Labute approximate surface area is 86.1 Å². The molecule has 0 aromatic heterocycles. The molecule has 1 aliphatic rings. The molecule has 1 fully saturated rings. The monoisotopic (exact) mass is 187 g/mol.